The fraction of sp³-hybridized carbons (Fsp3) is 0.222. The number of rotatable bonds is 4. The van der Waals surface area contributed by atoms with E-state index >= 15 is 0 Å². The fourth-order valence-electron chi connectivity index (χ4n) is 2.85. The highest BCUT2D eigenvalue weighted by Crippen LogP contribution is 2.40. The molecule has 118 valence electrons. The summed E-state index contributed by atoms with van der Waals surface area (Å²) < 4.78 is 5.04. The van der Waals surface area contributed by atoms with Gasteiger partial charge in [-0.05, 0) is 18.6 Å². The smallest absolute Gasteiger partial charge is 0.340 e. The average Bonchev–Trinajstić information content (AvgIpc) is 2.79. The number of hydrogen-bond donors (Lipinski definition) is 1. The first-order valence-electron chi connectivity index (χ1n) is 7.50. The molecule has 0 saturated carbocycles. The van der Waals surface area contributed by atoms with E-state index < -0.39 is 17.4 Å². The summed E-state index contributed by atoms with van der Waals surface area (Å²) in [7, 11) is 0. The van der Waals surface area contributed by atoms with Crippen molar-refractivity contribution in [1.82, 2.24) is 0 Å². The molecular formula is C18H18N2O3. The largest absolute Gasteiger partial charge is 0.464 e. The molecule has 5 nitrogen and oxygen atoms in total. The van der Waals surface area contributed by atoms with Gasteiger partial charge in [0.2, 0.25) is 5.54 Å². The van der Waals surface area contributed by atoms with Crippen LogP contribution in [-0.4, -0.2) is 18.5 Å². The monoisotopic (exact) mass is 310 g/mol. The summed E-state index contributed by atoms with van der Waals surface area (Å²) in [6.45, 7) is 2.22. The highest BCUT2D eigenvalue weighted by Gasteiger charge is 2.54. The molecule has 0 bridgehead atoms. The Morgan fingerprint density at radius 3 is 2.48 bits per heavy atom. The first kappa shape index (κ1) is 15.2. The van der Waals surface area contributed by atoms with Crippen LogP contribution in [0.2, 0.25) is 0 Å². The maximum atomic E-state index is 12.9. The third-order valence-corrected chi connectivity index (χ3v) is 3.98. The maximum Gasteiger partial charge on any atom is 0.340 e. The van der Waals surface area contributed by atoms with Crippen LogP contribution in [0.3, 0.4) is 0 Å². The number of hydrogen-bond acceptors (Lipinski definition) is 4. The standard InChI is InChI=1S/C18H18N2O3/c1-2-23-17(22)18(19)14-10-6-7-11-15(14)20(16(18)21)12-13-8-4-3-5-9-13/h3-11H,2,12,19H2,1H3. The number of benzene rings is 2. The van der Waals surface area contributed by atoms with Gasteiger partial charge in [-0.15, -0.1) is 0 Å². The number of nitrogens with zero attached hydrogens (tertiary/aromatic N) is 1. The van der Waals surface area contributed by atoms with E-state index in [1.54, 1.807) is 30.0 Å². The Morgan fingerprint density at radius 1 is 1.13 bits per heavy atom. The Hall–Kier alpha value is -2.66. The zero-order valence-electron chi connectivity index (χ0n) is 12.9. The normalized spacial score (nSPS) is 19.6. The first-order valence-corrected chi connectivity index (χ1v) is 7.50. The van der Waals surface area contributed by atoms with Crippen LogP contribution in [0.5, 0.6) is 0 Å². The quantitative estimate of drug-likeness (QED) is 0.692. The van der Waals surface area contributed by atoms with Gasteiger partial charge in [0.15, 0.2) is 0 Å². The zero-order chi connectivity index (χ0) is 16.4. The molecule has 0 fully saturated rings. The lowest BCUT2D eigenvalue weighted by Gasteiger charge is -2.22. The van der Waals surface area contributed by atoms with E-state index in [2.05, 4.69) is 0 Å². The molecule has 0 saturated heterocycles. The lowest BCUT2D eigenvalue weighted by Crippen LogP contribution is -2.53. The Labute approximate surface area is 134 Å². The van der Waals surface area contributed by atoms with Gasteiger partial charge in [-0.1, -0.05) is 48.5 Å². The highest BCUT2D eigenvalue weighted by atomic mass is 16.5. The summed E-state index contributed by atoms with van der Waals surface area (Å²) in [6, 6.07) is 16.7. The van der Waals surface area contributed by atoms with Crippen LogP contribution in [0.4, 0.5) is 5.69 Å². The molecule has 3 rings (SSSR count). The number of nitrogens with two attached hydrogens (primary N) is 1. The average molecular weight is 310 g/mol. The number of amides is 1. The summed E-state index contributed by atoms with van der Waals surface area (Å²) >= 11 is 0. The van der Waals surface area contributed by atoms with Crippen molar-refractivity contribution < 1.29 is 14.3 Å². The molecule has 1 aliphatic heterocycles. The van der Waals surface area contributed by atoms with Gasteiger partial charge in [0.05, 0.1) is 18.8 Å². The number of esters is 1. The number of carbonyl (C=O) groups is 2. The van der Waals surface area contributed by atoms with Crippen LogP contribution >= 0.6 is 0 Å². The minimum Gasteiger partial charge on any atom is -0.464 e. The second-order valence-electron chi connectivity index (χ2n) is 5.42. The van der Waals surface area contributed by atoms with Crippen molar-refractivity contribution in [2.24, 2.45) is 5.73 Å². The van der Waals surface area contributed by atoms with Gasteiger partial charge in [0.25, 0.3) is 5.91 Å². The van der Waals surface area contributed by atoms with E-state index in [1.165, 1.54) is 0 Å². The molecule has 2 N–H and O–H groups in total. The number of para-hydroxylation sites is 1. The first-order chi connectivity index (χ1) is 11.1. The summed E-state index contributed by atoms with van der Waals surface area (Å²) in [5.74, 6) is -1.17. The lowest BCUT2D eigenvalue weighted by molar-refractivity contribution is -0.153. The van der Waals surface area contributed by atoms with E-state index in [1.807, 2.05) is 36.4 Å². The van der Waals surface area contributed by atoms with Crippen molar-refractivity contribution in [2.45, 2.75) is 19.0 Å². The van der Waals surface area contributed by atoms with E-state index in [0.29, 0.717) is 17.8 Å². The van der Waals surface area contributed by atoms with Crippen LogP contribution in [0.1, 0.15) is 18.1 Å². The van der Waals surface area contributed by atoms with E-state index in [0.717, 1.165) is 5.56 Å². The van der Waals surface area contributed by atoms with Gasteiger partial charge >= 0.3 is 5.97 Å². The zero-order valence-corrected chi connectivity index (χ0v) is 12.9. The Balaban J connectivity index is 2.03. The van der Waals surface area contributed by atoms with Crippen molar-refractivity contribution in [3.05, 3.63) is 65.7 Å². The van der Waals surface area contributed by atoms with Gasteiger partial charge in [-0.2, -0.15) is 0 Å². The maximum absolute atomic E-state index is 12.9. The van der Waals surface area contributed by atoms with Crippen LogP contribution < -0.4 is 10.6 Å². The molecule has 0 aliphatic carbocycles. The van der Waals surface area contributed by atoms with Gasteiger partial charge in [-0.3, -0.25) is 4.79 Å². The lowest BCUT2D eigenvalue weighted by atomic mass is 9.93. The number of ether oxygens (including phenoxy) is 1. The molecule has 0 radical (unpaired) electrons. The topological polar surface area (TPSA) is 72.6 Å². The number of fused-ring (bicyclic) bond motifs is 1. The molecule has 5 heteroatoms. The second kappa shape index (κ2) is 5.85. The Bertz CT molecular complexity index is 745. The van der Waals surface area contributed by atoms with E-state index in [-0.39, 0.29) is 6.61 Å². The van der Waals surface area contributed by atoms with Crippen molar-refractivity contribution >= 4 is 17.6 Å². The van der Waals surface area contributed by atoms with Crippen LogP contribution in [0.15, 0.2) is 54.6 Å². The molecule has 1 aliphatic rings. The van der Waals surface area contributed by atoms with Gasteiger partial charge in [0.1, 0.15) is 0 Å². The third-order valence-electron chi connectivity index (χ3n) is 3.98. The predicted octanol–water partition coefficient (Wildman–Crippen LogP) is 1.95. The summed E-state index contributed by atoms with van der Waals surface area (Å²) in [4.78, 5) is 26.8. The Morgan fingerprint density at radius 2 is 1.78 bits per heavy atom. The third kappa shape index (κ3) is 2.39. The second-order valence-corrected chi connectivity index (χ2v) is 5.42. The molecule has 23 heavy (non-hydrogen) atoms. The van der Waals surface area contributed by atoms with Crippen LogP contribution in [0, 0.1) is 0 Å². The molecule has 1 atom stereocenters. The fourth-order valence-corrected chi connectivity index (χ4v) is 2.85. The van der Waals surface area contributed by atoms with Crippen molar-refractivity contribution in [2.75, 3.05) is 11.5 Å². The molecule has 0 aromatic heterocycles. The molecule has 1 heterocycles. The molecule has 1 unspecified atom stereocenters. The minimum atomic E-state index is -1.78. The molecule has 2 aromatic rings. The summed E-state index contributed by atoms with van der Waals surface area (Å²) in [5.41, 5.74) is 6.54. The number of carbonyl (C=O) groups excluding carboxylic acids is 2. The molecule has 0 spiro atoms. The van der Waals surface area contributed by atoms with Gasteiger partial charge < -0.3 is 15.4 Å². The van der Waals surface area contributed by atoms with Crippen molar-refractivity contribution in [3.8, 4) is 0 Å². The number of anilines is 1. The van der Waals surface area contributed by atoms with Crippen LogP contribution in [-0.2, 0) is 26.4 Å². The minimum absolute atomic E-state index is 0.173. The Kier molecular flexibility index (Phi) is 3.88. The predicted molar refractivity (Wildman–Crippen MR) is 86.6 cm³/mol. The van der Waals surface area contributed by atoms with Crippen LogP contribution in [0.25, 0.3) is 0 Å². The molecule has 1 amide bonds. The van der Waals surface area contributed by atoms with Gasteiger partial charge in [0, 0.05) is 5.56 Å². The van der Waals surface area contributed by atoms with Gasteiger partial charge in [-0.25, -0.2) is 4.79 Å². The summed E-state index contributed by atoms with van der Waals surface area (Å²) in [6.07, 6.45) is 0. The van der Waals surface area contributed by atoms with Crippen molar-refractivity contribution in [3.63, 3.8) is 0 Å². The van der Waals surface area contributed by atoms with E-state index in [9.17, 15) is 9.59 Å². The molecular weight excluding hydrogens is 292 g/mol. The SMILES string of the molecule is CCOC(=O)C1(N)C(=O)N(Cc2ccccc2)c2ccccc21. The highest BCUT2D eigenvalue weighted by molar-refractivity contribution is 6.19. The summed E-state index contributed by atoms with van der Waals surface area (Å²) in [5, 5.41) is 0. The van der Waals surface area contributed by atoms with Crippen molar-refractivity contribution in [1.29, 1.82) is 0 Å². The van der Waals surface area contributed by atoms with E-state index in [4.69, 9.17) is 10.5 Å². The molecule has 2 aromatic carbocycles.